The summed E-state index contributed by atoms with van der Waals surface area (Å²) >= 11 is 1.68. The smallest absolute Gasteiger partial charge is 0.341 e. The largest absolute Gasteiger partial charge is 0.496 e. The lowest BCUT2D eigenvalue weighted by Gasteiger charge is -2.09. The van der Waals surface area contributed by atoms with Gasteiger partial charge < -0.3 is 9.47 Å². The summed E-state index contributed by atoms with van der Waals surface area (Å²) in [6, 6.07) is 5.55. The van der Waals surface area contributed by atoms with E-state index in [0.29, 0.717) is 17.9 Å². The van der Waals surface area contributed by atoms with Gasteiger partial charge in [-0.25, -0.2) is 4.79 Å². The maximum Gasteiger partial charge on any atom is 0.341 e. The number of esters is 1. The van der Waals surface area contributed by atoms with E-state index < -0.39 is 0 Å². The van der Waals surface area contributed by atoms with Crippen LogP contribution in [0.1, 0.15) is 24.2 Å². The zero-order valence-electron chi connectivity index (χ0n) is 9.78. The molecule has 0 bridgehead atoms. The standard InChI is InChI=1S/C12H16O3S/c1-4-15-12(13)10-8-9(16-5-2)6-7-11(10)14-3/h6-8H,4-5H2,1-3H3. The maximum absolute atomic E-state index is 11.7. The average molecular weight is 240 g/mol. The van der Waals surface area contributed by atoms with Crippen molar-refractivity contribution in [3.05, 3.63) is 23.8 Å². The Balaban J connectivity index is 3.01. The minimum Gasteiger partial charge on any atom is -0.496 e. The highest BCUT2D eigenvalue weighted by Crippen LogP contribution is 2.26. The monoisotopic (exact) mass is 240 g/mol. The molecule has 0 amide bonds. The lowest BCUT2D eigenvalue weighted by molar-refractivity contribution is 0.0522. The van der Waals surface area contributed by atoms with Crippen LogP contribution in [-0.2, 0) is 4.74 Å². The van der Waals surface area contributed by atoms with Crippen LogP contribution in [-0.4, -0.2) is 25.4 Å². The van der Waals surface area contributed by atoms with Crippen molar-refractivity contribution in [1.29, 1.82) is 0 Å². The number of methoxy groups -OCH3 is 1. The molecule has 1 aromatic carbocycles. The van der Waals surface area contributed by atoms with Gasteiger partial charge in [-0.3, -0.25) is 0 Å². The molecule has 16 heavy (non-hydrogen) atoms. The first-order chi connectivity index (χ1) is 7.72. The van der Waals surface area contributed by atoms with Gasteiger partial charge in [0, 0.05) is 4.90 Å². The molecule has 0 radical (unpaired) electrons. The second kappa shape index (κ2) is 6.43. The molecule has 0 N–H and O–H groups in total. The minimum absolute atomic E-state index is 0.335. The number of hydrogen-bond donors (Lipinski definition) is 0. The molecular weight excluding hydrogens is 224 g/mol. The third-order valence-corrected chi connectivity index (χ3v) is 2.85. The van der Waals surface area contributed by atoms with Crippen LogP contribution in [0.4, 0.5) is 0 Å². The topological polar surface area (TPSA) is 35.5 Å². The van der Waals surface area contributed by atoms with E-state index >= 15 is 0 Å². The second-order valence-electron chi connectivity index (χ2n) is 3.02. The van der Waals surface area contributed by atoms with E-state index in [1.807, 2.05) is 12.1 Å². The summed E-state index contributed by atoms with van der Waals surface area (Å²) in [7, 11) is 1.55. The van der Waals surface area contributed by atoms with Crippen LogP contribution in [0.5, 0.6) is 5.75 Å². The van der Waals surface area contributed by atoms with Crippen molar-refractivity contribution in [2.45, 2.75) is 18.7 Å². The summed E-state index contributed by atoms with van der Waals surface area (Å²) in [5.74, 6) is 1.19. The number of carbonyl (C=O) groups is 1. The van der Waals surface area contributed by atoms with Crippen molar-refractivity contribution < 1.29 is 14.3 Å². The van der Waals surface area contributed by atoms with Crippen molar-refractivity contribution in [2.75, 3.05) is 19.5 Å². The second-order valence-corrected chi connectivity index (χ2v) is 4.35. The first-order valence-electron chi connectivity index (χ1n) is 5.20. The summed E-state index contributed by atoms with van der Waals surface area (Å²) in [4.78, 5) is 12.7. The molecular formula is C12H16O3S. The lowest BCUT2D eigenvalue weighted by Crippen LogP contribution is -2.06. The average Bonchev–Trinajstić information content (AvgIpc) is 2.30. The number of benzene rings is 1. The zero-order valence-corrected chi connectivity index (χ0v) is 10.6. The summed E-state index contributed by atoms with van der Waals surface area (Å²) < 4.78 is 10.1. The van der Waals surface area contributed by atoms with Gasteiger partial charge in [0.25, 0.3) is 0 Å². The first-order valence-corrected chi connectivity index (χ1v) is 6.19. The molecule has 0 aliphatic heterocycles. The number of thioether (sulfide) groups is 1. The van der Waals surface area contributed by atoms with Crippen LogP contribution < -0.4 is 4.74 Å². The first kappa shape index (κ1) is 12.9. The Morgan fingerprint density at radius 1 is 1.38 bits per heavy atom. The quantitative estimate of drug-likeness (QED) is 0.585. The molecule has 0 saturated heterocycles. The molecule has 0 aliphatic rings. The Kier molecular flexibility index (Phi) is 5.19. The fourth-order valence-electron chi connectivity index (χ4n) is 1.31. The maximum atomic E-state index is 11.7. The molecule has 88 valence electrons. The highest BCUT2D eigenvalue weighted by Gasteiger charge is 2.13. The molecule has 0 unspecified atom stereocenters. The lowest BCUT2D eigenvalue weighted by atomic mass is 10.2. The summed E-state index contributed by atoms with van der Waals surface area (Å²) in [5.41, 5.74) is 0.489. The molecule has 0 aromatic heterocycles. The van der Waals surface area contributed by atoms with Crippen molar-refractivity contribution in [3.8, 4) is 5.75 Å². The van der Waals surface area contributed by atoms with Gasteiger partial charge >= 0.3 is 5.97 Å². The summed E-state index contributed by atoms with van der Waals surface area (Å²) in [6.07, 6.45) is 0. The normalized spacial score (nSPS) is 9.94. The van der Waals surface area contributed by atoms with Gasteiger partial charge in [-0.1, -0.05) is 6.92 Å². The molecule has 0 atom stereocenters. The van der Waals surface area contributed by atoms with E-state index in [-0.39, 0.29) is 5.97 Å². The Bertz CT molecular complexity index is 363. The van der Waals surface area contributed by atoms with E-state index in [4.69, 9.17) is 9.47 Å². The van der Waals surface area contributed by atoms with Crippen molar-refractivity contribution >= 4 is 17.7 Å². The molecule has 0 aliphatic carbocycles. The number of carbonyl (C=O) groups excluding carboxylic acids is 1. The molecule has 1 aromatic rings. The van der Waals surface area contributed by atoms with Gasteiger partial charge in [-0.2, -0.15) is 0 Å². The molecule has 1 rings (SSSR count). The van der Waals surface area contributed by atoms with E-state index in [1.54, 1.807) is 31.9 Å². The molecule has 0 heterocycles. The van der Waals surface area contributed by atoms with Gasteiger partial charge in [0.1, 0.15) is 11.3 Å². The molecule has 0 spiro atoms. The van der Waals surface area contributed by atoms with Gasteiger partial charge in [-0.05, 0) is 30.9 Å². The number of hydrogen-bond acceptors (Lipinski definition) is 4. The number of rotatable bonds is 5. The molecule has 4 heteroatoms. The van der Waals surface area contributed by atoms with Gasteiger partial charge in [0.05, 0.1) is 13.7 Å². The Morgan fingerprint density at radius 3 is 2.69 bits per heavy atom. The predicted octanol–water partition coefficient (Wildman–Crippen LogP) is 2.98. The van der Waals surface area contributed by atoms with E-state index in [9.17, 15) is 4.79 Å². The molecule has 0 fully saturated rings. The van der Waals surface area contributed by atoms with Crippen molar-refractivity contribution in [2.24, 2.45) is 0 Å². The SMILES string of the molecule is CCOC(=O)c1cc(SCC)ccc1OC. The van der Waals surface area contributed by atoms with Gasteiger partial charge in [-0.15, -0.1) is 11.8 Å². The fourth-order valence-corrected chi connectivity index (χ4v) is 2.01. The summed E-state index contributed by atoms with van der Waals surface area (Å²) in [6.45, 7) is 4.22. The minimum atomic E-state index is -0.335. The highest BCUT2D eigenvalue weighted by molar-refractivity contribution is 7.99. The van der Waals surface area contributed by atoms with Crippen LogP contribution in [0.2, 0.25) is 0 Å². The van der Waals surface area contributed by atoms with Crippen LogP contribution >= 0.6 is 11.8 Å². The molecule has 3 nitrogen and oxygen atoms in total. The Morgan fingerprint density at radius 2 is 2.12 bits per heavy atom. The van der Waals surface area contributed by atoms with Crippen molar-refractivity contribution in [3.63, 3.8) is 0 Å². The third kappa shape index (κ3) is 3.17. The van der Waals surface area contributed by atoms with Crippen LogP contribution in [0.15, 0.2) is 23.1 Å². The highest BCUT2D eigenvalue weighted by atomic mass is 32.2. The predicted molar refractivity (Wildman–Crippen MR) is 65.3 cm³/mol. The zero-order chi connectivity index (χ0) is 12.0. The van der Waals surface area contributed by atoms with Crippen LogP contribution in [0, 0.1) is 0 Å². The van der Waals surface area contributed by atoms with Crippen LogP contribution in [0.25, 0.3) is 0 Å². The van der Waals surface area contributed by atoms with E-state index in [2.05, 4.69) is 6.92 Å². The van der Waals surface area contributed by atoms with E-state index in [0.717, 1.165) is 10.6 Å². The van der Waals surface area contributed by atoms with Crippen LogP contribution in [0.3, 0.4) is 0 Å². The van der Waals surface area contributed by atoms with Gasteiger partial charge in [0.2, 0.25) is 0 Å². The Hall–Kier alpha value is -1.16. The third-order valence-electron chi connectivity index (χ3n) is 1.98. The molecule has 0 saturated carbocycles. The number of ether oxygens (including phenoxy) is 2. The van der Waals surface area contributed by atoms with Gasteiger partial charge in [0.15, 0.2) is 0 Å². The fraction of sp³-hybridized carbons (Fsp3) is 0.417. The Labute approximate surface area is 100 Å². The van der Waals surface area contributed by atoms with E-state index in [1.165, 1.54) is 0 Å². The van der Waals surface area contributed by atoms with Crippen molar-refractivity contribution in [1.82, 2.24) is 0 Å². The summed E-state index contributed by atoms with van der Waals surface area (Å²) in [5, 5.41) is 0.